The number of fused-ring (bicyclic) bond motifs is 1. The van der Waals surface area contributed by atoms with Gasteiger partial charge in [-0.05, 0) is 50.3 Å². The smallest absolute Gasteiger partial charge is 0.230 e. The van der Waals surface area contributed by atoms with Crippen LogP contribution in [0.5, 0.6) is 0 Å². The zero-order valence-corrected chi connectivity index (χ0v) is 16.4. The lowest BCUT2D eigenvalue weighted by Gasteiger charge is -2.29. The lowest BCUT2D eigenvalue weighted by Crippen LogP contribution is -2.41. The molecular weight excluding hydrogens is 342 g/mol. The third kappa shape index (κ3) is 4.19. The summed E-state index contributed by atoms with van der Waals surface area (Å²) in [4.78, 5) is 17.0. The van der Waals surface area contributed by atoms with Crippen LogP contribution >= 0.6 is 11.8 Å². The number of amides is 1. The molecule has 26 heavy (non-hydrogen) atoms. The van der Waals surface area contributed by atoms with Gasteiger partial charge in [0.15, 0.2) is 0 Å². The highest BCUT2D eigenvalue weighted by Gasteiger charge is 2.23. The maximum Gasteiger partial charge on any atom is 0.230 e. The first-order valence-electron chi connectivity index (χ1n) is 9.22. The number of aromatic nitrogens is 1. The molecule has 136 valence electrons. The maximum atomic E-state index is 12.4. The molecule has 1 N–H and O–H groups in total. The van der Waals surface area contributed by atoms with Crippen LogP contribution in [0.25, 0.3) is 10.9 Å². The fourth-order valence-electron chi connectivity index (χ4n) is 3.74. The van der Waals surface area contributed by atoms with Gasteiger partial charge in [0.05, 0.1) is 16.8 Å². The molecule has 0 spiro atoms. The van der Waals surface area contributed by atoms with Crippen LogP contribution in [-0.2, 0) is 4.79 Å². The molecule has 0 unspecified atom stereocenters. The van der Waals surface area contributed by atoms with Crippen molar-refractivity contribution in [2.45, 2.75) is 57.5 Å². The second-order valence-electron chi connectivity index (χ2n) is 7.33. The van der Waals surface area contributed by atoms with Crippen molar-refractivity contribution in [2.24, 2.45) is 5.92 Å². The van der Waals surface area contributed by atoms with Gasteiger partial charge in [0.25, 0.3) is 0 Å². The molecule has 0 radical (unpaired) electrons. The van der Waals surface area contributed by atoms with Gasteiger partial charge >= 0.3 is 0 Å². The molecule has 5 heteroatoms. The van der Waals surface area contributed by atoms with E-state index in [-0.39, 0.29) is 11.9 Å². The van der Waals surface area contributed by atoms with E-state index in [4.69, 9.17) is 0 Å². The standard InChI is InChI=1S/C21H25N3OS/c1-13-8-15(3)20-16(9-13)10-17(11-22)21(24-20)26-12-19(25)23-18-7-5-4-6-14(18)2/h8-10,14,18H,4-7,12H2,1-3H3,(H,23,25)/t14-,18-/m0/s1. The van der Waals surface area contributed by atoms with Crippen molar-refractivity contribution >= 4 is 28.6 Å². The summed E-state index contributed by atoms with van der Waals surface area (Å²) >= 11 is 1.35. The summed E-state index contributed by atoms with van der Waals surface area (Å²) in [7, 11) is 0. The van der Waals surface area contributed by atoms with Crippen molar-refractivity contribution in [2.75, 3.05) is 5.75 Å². The van der Waals surface area contributed by atoms with E-state index in [2.05, 4.69) is 29.4 Å². The topological polar surface area (TPSA) is 65.8 Å². The molecule has 0 saturated heterocycles. The molecule has 1 amide bonds. The second kappa shape index (κ2) is 8.09. The predicted molar refractivity (Wildman–Crippen MR) is 106 cm³/mol. The first-order chi connectivity index (χ1) is 12.5. The number of benzene rings is 1. The lowest BCUT2D eigenvalue weighted by molar-refractivity contribution is -0.119. The number of pyridine rings is 1. The van der Waals surface area contributed by atoms with E-state index in [0.29, 0.717) is 22.3 Å². The maximum absolute atomic E-state index is 12.4. The quantitative estimate of drug-likeness (QED) is 0.808. The van der Waals surface area contributed by atoms with Crippen LogP contribution in [-0.4, -0.2) is 22.7 Å². The summed E-state index contributed by atoms with van der Waals surface area (Å²) < 4.78 is 0. The summed E-state index contributed by atoms with van der Waals surface area (Å²) in [5.74, 6) is 0.860. The average molecular weight is 368 g/mol. The first-order valence-corrected chi connectivity index (χ1v) is 10.2. The monoisotopic (exact) mass is 367 g/mol. The Morgan fingerprint density at radius 1 is 1.31 bits per heavy atom. The highest BCUT2D eigenvalue weighted by molar-refractivity contribution is 8.00. The van der Waals surface area contributed by atoms with Crippen LogP contribution in [0.1, 0.15) is 49.3 Å². The molecule has 1 aliphatic carbocycles. The van der Waals surface area contributed by atoms with E-state index in [1.165, 1.54) is 31.0 Å². The number of aryl methyl sites for hydroxylation is 2. The second-order valence-corrected chi connectivity index (χ2v) is 8.29. The van der Waals surface area contributed by atoms with Gasteiger partial charge in [-0.3, -0.25) is 4.79 Å². The Bertz CT molecular complexity index is 872. The Morgan fingerprint density at radius 3 is 2.81 bits per heavy atom. The highest BCUT2D eigenvalue weighted by atomic mass is 32.2. The molecule has 2 aromatic rings. The molecule has 1 aliphatic rings. The van der Waals surface area contributed by atoms with Gasteiger partial charge in [0, 0.05) is 11.4 Å². The summed E-state index contributed by atoms with van der Waals surface area (Å²) in [6, 6.07) is 8.52. The minimum absolute atomic E-state index is 0.0279. The summed E-state index contributed by atoms with van der Waals surface area (Å²) in [5, 5.41) is 14.2. The number of nitriles is 1. The van der Waals surface area contributed by atoms with Gasteiger partial charge in [-0.2, -0.15) is 5.26 Å². The van der Waals surface area contributed by atoms with Gasteiger partial charge in [-0.25, -0.2) is 4.98 Å². The Balaban J connectivity index is 1.73. The first kappa shape index (κ1) is 18.7. The van der Waals surface area contributed by atoms with Crippen LogP contribution in [0.3, 0.4) is 0 Å². The van der Waals surface area contributed by atoms with Crippen LogP contribution in [0.2, 0.25) is 0 Å². The molecule has 1 aromatic heterocycles. The van der Waals surface area contributed by atoms with E-state index in [9.17, 15) is 10.1 Å². The lowest BCUT2D eigenvalue weighted by atomic mass is 9.86. The highest BCUT2D eigenvalue weighted by Crippen LogP contribution is 2.28. The number of hydrogen-bond donors (Lipinski definition) is 1. The summed E-state index contributed by atoms with van der Waals surface area (Å²) in [6.07, 6.45) is 4.69. The molecule has 2 atom stereocenters. The van der Waals surface area contributed by atoms with Gasteiger partial charge < -0.3 is 5.32 Å². The van der Waals surface area contributed by atoms with E-state index in [1.807, 2.05) is 26.0 Å². The SMILES string of the molecule is Cc1cc(C)c2nc(SCC(=O)N[C@H]3CCCC[C@@H]3C)c(C#N)cc2c1. The Morgan fingerprint density at radius 2 is 2.08 bits per heavy atom. The van der Waals surface area contributed by atoms with Gasteiger partial charge in [-0.1, -0.05) is 43.2 Å². The Labute approximate surface area is 159 Å². The molecule has 0 aliphatic heterocycles. The number of hydrogen-bond acceptors (Lipinski definition) is 4. The van der Waals surface area contributed by atoms with Gasteiger partial charge in [0.2, 0.25) is 5.91 Å². The normalized spacial score (nSPS) is 19.9. The number of carbonyl (C=O) groups excluding carboxylic acids is 1. The van der Waals surface area contributed by atoms with Gasteiger partial charge in [0.1, 0.15) is 11.1 Å². The fraction of sp³-hybridized carbons (Fsp3) is 0.476. The molecule has 3 rings (SSSR count). The molecule has 4 nitrogen and oxygen atoms in total. The van der Waals surface area contributed by atoms with E-state index in [0.717, 1.165) is 28.5 Å². The van der Waals surface area contributed by atoms with Crippen LogP contribution in [0.15, 0.2) is 23.2 Å². The Hall–Kier alpha value is -2.06. The molecule has 1 fully saturated rings. The molecular formula is C21H25N3OS. The zero-order chi connectivity index (χ0) is 18.7. The predicted octanol–water partition coefficient (Wildman–Crippen LogP) is 4.51. The number of nitrogens with zero attached hydrogens (tertiary/aromatic N) is 2. The molecule has 1 aromatic carbocycles. The molecule has 1 saturated carbocycles. The molecule has 0 bridgehead atoms. The van der Waals surface area contributed by atoms with Crippen molar-refractivity contribution in [3.05, 3.63) is 34.9 Å². The minimum Gasteiger partial charge on any atom is -0.352 e. The largest absolute Gasteiger partial charge is 0.352 e. The van der Waals surface area contributed by atoms with Crippen molar-refractivity contribution in [3.8, 4) is 6.07 Å². The third-order valence-corrected chi connectivity index (χ3v) is 6.13. The summed E-state index contributed by atoms with van der Waals surface area (Å²) in [5.41, 5.74) is 3.68. The minimum atomic E-state index is 0.0279. The number of carbonyl (C=O) groups is 1. The Kier molecular flexibility index (Phi) is 5.83. The van der Waals surface area contributed by atoms with Crippen molar-refractivity contribution in [3.63, 3.8) is 0 Å². The van der Waals surface area contributed by atoms with E-state index < -0.39 is 0 Å². The van der Waals surface area contributed by atoms with E-state index >= 15 is 0 Å². The molecule has 1 heterocycles. The van der Waals surface area contributed by atoms with Crippen LogP contribution in [0, 0.1) is 31.1 Å². The van der Waals surface area contributed by atoms with Crippen molar-refractivity contribution < 1.29 is 4.79 Å². The van der Waals surface area contributed by atoms with Crippen molar-refractivity contribution in [1.82, 2.24) is 10.3 Å². The van der Waals surface area contributed by atoms with Crippen molar-refractivity contribution in [1.29, 1.82) is 5.26 Å². The van der Waals surface area contributed by atoms with E-state index in [1.54, 1.807) is 0 Å². The fourth-order valence-corrected chi connectivity index (χ4v) is 4.50. The third-order valence-electron chi connectivity index (χ3n) is 5.14. The average Bonchev–Trinajstić information content (AvgIpc) is 2.61. The number of rotatable bonds is 4. The zero-order valence-electron chi connectivity index (χ0n) is 15.6. The number of thioether (sulfide) groups is 1. The van der Waals surface area contributed by atoms with Crippen LogP contribution in [0.4, 0.5) is 0 Å². The summed E-state index contributed by atoms with van der Waals surface area (Å²) in [6.45, 7) is 6.28. The van der Waals surface area contributed by atoms with Gasteiger partial charge in [-0.15, -0.1) is 0 Å². The number of nitrogens with one attached hydrogen (secondary N) is 1. The van der Waals surface area contributed by atoms with Crippen LogP contribution < -0.4 is 5.32 Å².